The molecule has 0 aliphatic heterocycles. The van der Waals surface area contributed by atoms with Gasteiger partial charge in [-0.05, 0) is 38.0 Å². The van der Waals surface area contributed by atoms with Crippen molar-refractivity contribution in [2.45, 2.75) is 117 Å². The highest BCUT2D eigenvalue weighted by Crippen LogP contribution is 2.09. The zero-order valence-corrected chi connectivity index (χ0v) is 19.0. The van der Waals surface area contributed by atoms with Gasteiger partial charge in [-0.3, -0.25) is 0 Å². The number of allylic oxidation sites excluding steroid dienone is 2. The van der Waals surface area contributed by atoms with Crippen LogP contribution in [0.2, 0.25) is 0 Å². The maximum absolute atomic E-state index is 11.7. The smallest absolute Gasteiger partial charge is 0.315 e. The first-order valence-electron chi connectivity index (χ1n) is 11.9. The molecule has 1 atom stereocenters. The third-order valence-electron chi connectivity index (χ3n) is 5.29. The fourth-order valence-electron chi connectivity index (χ4n) is 3.22. The minimum absolute atomic E-state index is 0.0146. The van der Waals surface area contributed by atoms with Gasteiger partial charge in [0.05, 0.1) is 12.6 Å². The van der Waals surface area contributed by atoms with E-state index in [4.69, 9.17) is 0 Å². The molecule has 166 valence electrons. The first kappa shape index (κ1) is 27.0. The van der Waals surface area contributed by atoms with Crippen molar-refractivity contribution in [1.82, 2.24) is 10.6 Å². The Labute approximate surface area is 174 Å². The largest absolute Gasteiger partial charge is 0.394 e. The van der Waals surface area contributed by atoms with E-state index in [0.717, 1.165) is 6.42 Å². The summed E-state index contributed by atoms with van der Waals surface area (Å²) < 4.78 is 0. The Balaban J connectivity index is 3.31. The normalized spacial score (nSPS) is 12.6. The van der Waals surface area contributed by atoms with Crippen LogP contribution >= 0.6 is 0 Å². The Morgan fingerprint density at radius 2 is 1.32 bits per heavy atom. The van der Waals surface area contributed by atoms with E-state index in [-0.39, 0.29) is 24.6 Å². The number of amides is 2. The summed E-state index contributed by atoms with van der Waals surface area (Å²) >= 11 is 0. The molecule has 0 spiro atoms. The third kappa shape index (κ3) is 18.3. The van der Waals surface area contributed by atoms with Crippen LogP contribution in [0.5, 0.6) is 0 Å². The molecule has 3 N–H and O–H groups in total. The van der Waals surface area contributed by atoms with Crippen molar-refractivity contribution in [3.05, 3.63) is 12.2 Å². The first-order valence-corrected chi connectivity index (χ1v) is 11.9. The predicted molar refractivity (Wildman–Crippen MR) is 122 cm³/mol. The van der Waals surface area contributed by atoms with Crippen LogP contribution in [0, 0.1) is 5.92 Å². The fourth-order valence-corrected chi connectivity index (χ4v) is 3.22. The Bertz CT molecular complexity index is 370. The average Bonchev–Trinajstić information content (AvgIpc) is 2.68. The van der Waals surface area contributed by atoms with Gasteiger partial charge in [-0.25, -0.2) is 4.79 Å². The second kappa shape index (κ2) is 20.7. The molecular formula is C24H48N2O2. The number of rotatable bonds is 19. The zero-order chi connectivity index (χ0) is 20.9. The zero-order valence-electron chi connectivity index (χ0n) is 19.0. The van der Waals surface area contributed by atoms with Crippen molar-refractivity contribution < 1.29 is 9.90 Å². The van der Waals surface area contributed by atoms with Crippen molar-refractivity contribution in [3.63, 3.8) is 0 Å². The summed E-state index contributed by atoms with van der Waals surface area (Å²) in [5.41, 5.74) is 0. The Morgan fingerprint density at radius 3 is 1.82 bits per heavy atom. The molecule has 4 heteroatoms. The first-order chi connectivity index (χ1) is 13.6. The molecule has 0 aromatic rings. The van der Waals surface area contributed by atoms with Gasteiger partial charge in [0.15, 0.2) is 0 Å². The number of urea groups is 1. The topological polar surface area (TPSA) is 61.4 Å². The number of unbranched alkanes of at least 4 members (excludes halogenated alkanes) is 12. The lowest BCUT2D eigenvalue weighted by Gasteiger charge is -2.20. The van der Waals surface area contributed by atoms with Crippen LogP contribution < -0.4 is 10.6 Å². The second-order valence-corrected chi connectivity index (χ2v) is 8.37. The van der Waals surface area contributed by atoms with E-state index in [1.54, 1.807) is 0 Å². The standard InChI is InChI=1S/C24H48N2O2/c1-4-5-6-7-8-9-10-11-12-13-14-15-16-17-18-19-20-25-24(28)26-23(21-27)22(2)3/h11-12,22-23,27H,4-10,13-21H2,1-3H3,(H2,25,26,28)/t23-/m1/s1. The number of aliphatic hydroxyl groups excluding tert-OH is 1. The predicted octanol–water partition coefficient (Wildman–Crippen LogP) is 6.34. The number of hydrogen-bond acceptors (Lipinski definition) is 2. The maximum atomic E-state index is 11.7. The van der Waals surface area contributed by atoms with Crippen molar-refractivity contribution in [3.8, 4) is 0 Å². The van der Waals surface area contributed by atoms with E-state index in [2.05, 4.69) is 29.7 Å². The lowest BCUT2D eigenvalue weighted by molar-refractivity contribution is 0.198. The number of carbonyl (C=O) groups excluding carboxylic acids is 1. The minimum Gasteiger partial charge on any atom is -0.394 e. The summed E-state index contributed by atoms with van der Waals surface area (Å²) in [6, 6.07) is -0.333. The molecule has 0 radical (unpaired) electrons. The molecule has 0 unspecified atom stereocenters. The van der Waals surface area contributed by atoms with Crippen molar-refractivity contribution in [1.29, 1.82) is 0 Å². The van der Waals surface area contributed by atoms with E-state index >= 15 is 0 Å². The lowest BCUT2D eigenvalue weighted by atomic mass is 10.1. The molecule has 0 aliphatic rings. The van der Waals surface area contributed by atoms with E-state index in [1.165, 1.54) is 83.5 Å². The van der Waals surface area contributed by atoms with Crippen LogP contribution in [0.4, 0.5) is 4.79 Å². The molecule has 2 amide bonds. The summed E-state index contributed by atoms with van der Waals surface area (Å²) in [7, 11) is 0. The quantitative estimate of drug-likeness (QED) is 0.176. The van der Waals surface area contributed by atoms with Gasteiger partial charge < -0.3 is 15.7 Å². The van der Waals surface area contributed by atoms with E-state index in [0.29, 0.717) is 6.54 Å². The third-order valence-corrected chi connectivity index (χ3v) is 5.29. The summed E-state index contributed by atoms with van der Waals surface area (Å²) in [5.74, 6) is 0.237. The van der Waals surface area contributed by atoms with Gasteiger partial charge in [0.25, 0.3) is 0 Å². The highest BCUT2D eigenvalue weighted by Gasteiger charge is 2.14. The molecule has 0 rings (SSSR count). The molecule has 0 aromatic carbocycles. The number of hydrogen-bond donors (Lipinski definition) is 3. The fraction of sp³-hybridized carbons (Fsp3) is 0.875. The van der Waals surface area contributed by atoms with Crippen molar-refractivity contribution >= 4 is 6.03 Å². The van der Waals surface area contributed by atoms with Gasteiger partial charge in [0.1, 0.15) is 0 Å². The molecule has 4 nitrogen and oxygen atoms in total. The van der Waals surface area contributed by atoms with Crippen LogP contribution in [-0.2, 0) is 0 Å². The molecule has 0 bridgehead atoms. The van der Waals surface area contributed by atoms with Crippen LogP contribution in [0.25, 0.3) is 0 Å². The average molecular weight is 397 g/mol. The molecule has 0 fully saturated rings. The van der Waals surface area contributed by atoms with Crippen molar-refractivity contribution in [2.24, 2.45) is 5.92 Å². The summed E-state index contributed by atoms with van der Waals surface area (Å²) in [4.78, 5) is 11.7. The monoisotopic (exact) mass is 396 g/mol. The van der Waals surface area contributed by atoms with E-state index in [9.17, 15) is 9.90 Å². The van der Waals surface area contributed by atoms with Crippen LogP contribution in [-0.4, -0.2) is 30.3 Å². The van der Waals surface area contributed by atoms with Gasteiger partial charge in [-0.1, -0.05) is 90.7 Å². The molecule has 28 heavy (non-hydrogen) atoms. The maximum Gasteiger partial charge on any atom is 0.315 e. The van der Waals surface area contributed by atoms with Gasteiger partial charge in [0.2, 0.25) is 0 Å². The van der Waals surface area contributed by atoms with Crippen LogP contribution in [0.15, 0.2) is 12.2 Å². The van der Waals surface area contributed by atoms with Gasteiger partial charge in [-0.2, -0.15) is 0 Å². The van der Waals surface area contributed by atoms with Gasteiger partial charge in [-0.15, -0.1) is 0 Å². The van der Waals surface area contributed by atoms with Crippen molar-refractivity contribution in [2.75, 3.05) is 13.2 Å². The number of aliphatic hydroxyl groups is 1. The highest BCUT2D eigenvalue weighted by atomic mass is 16.3. The Hall–Kier alpha value is -1.03. The molecular weight excluding hydrogens is 348 g/mol. The molecule has 0 heterocycles. The summed E-state index contributed by atoms with van der Waals surface area (Å²) in [6.07, 6.45) is 22.8. The van der Waals surface area contributed by atoms with Crippen LogP contribution in [0.1, 0.15) is 111 Å². The highest BCUT2D eigenvalue weighted by molar-refractivity contribution is 5.74. The van der Waals surface area contributed by atoms with Gasteiger partial charge in [0, 0.05) is 6.54 Å². The number of carbonyl (C=O) groups is 1. The molecule has 0 saturated carbocycles. The summed E-state index contributed by atoms with van der Waals surface area (Å²) in [5, 5.41) is 14.9. The lowest BCUT2D eigenvalue weighted by Crippen LogP contribution is -2.46. The van der Waals surface area contributed by atoms with E-state index < -0.39 is 0 Å². The van der Waals surface area contributed by atoms with E-state index in [1.807, 2.05) is 13.8 Å². The SMILES string of the molecule is CCCCCCCCC=CCCCCCCCCNC(=O)N[C@H](CO)C(C)C. The summed E-state index contributed by atoms with van der Waals surface area (Å²) in [6.45, 7) is 6.95. The molecule has 0 saturated heterocycles. The number of nitrogens with one attached hydrogen (secondary N) is 2. The Morgan fingerprint density at radius 1 is 0.821 bits per heavy atom. The second-order valence-electron chi connectivity index (χ2n) is 8.37. The minimum atomic E-state index is -0.167. The van der Waals surface area contributed by atoms with Crippen LogP contribution in [0.3, 0.4) is 0 Å². The molecule has 0 aromatic heterocycles. The Kier molecular flexibility index (Phi) is 19.9. The van der Waals surface area contributed by atoms with Gasteiger partial charge >= 0.3 is 6.03 Å². The molecule has 0 aliphatic carbocycles.